The lowest BCUT2D eigenvalue weighted by Crippen LogP contribution is -2.35. The molecule has 30 heavy (non-hydrogen) atoms. The Morgan fingerprint density at radius 3 is 2.53 bits per heavy atom. The van der Waals surface area contributed by atoms with E-state index in [1.165, 1.54) is 14.2 Å². The number of aromatic nitrogens is 1. The fourth-order valence-corrected chi connectivity index (χ4v) is 3.88. The van der Waals surface area contributed by atoms with Crippen LogP contribution in [0.4, 0.5) is 0 Å². The molecule has 2 amide bonds. The average Bonchev–Trinajstić information content (AvgIpc) is 3.07. The van der Waals surface area contributed by atoms with Crippen molar-refractivity contribution < 1.29 is 23.8 Å². The zero-order chi connectivity index (χ0) is 21.7. The van der Waals surface area contributed by atoms with E-state index >= 15 is 0 Å². The molecular weight excluding hydrogens is 386 g/mol. The minimum Gasteiger partial charge on any atom is -0.493 e. The first-order valence-electron chi connectivity index (χ1n) is 9.74. The second-order valence-corrected chi connectivity index (χ2v) is 7.05. The van der Waals surface area contributed by atoms with Gasteiger partial charge in [0.05, 0.1) is 33.3 Å². The molecule has 1 saturated heterocycles. The zero-order valence-corrected chi connectivity index (χ0v) is 17.7. The maximum atomic E-state index is 13.0. The normalized spacial score (nSPS) is 18.3. The highest BCUT2D eigenvalue weighted by Crippen LogP contribution is 2.47. The molecule has 1 aromatic carbocycles. The fourth-order valence-electron chi connectivity index (χ4n) is 3.88. The van der Waals surface area contributed by atoms with Crippen molar-refractivity contribution in [3.63, 3.8) is 0 Å². The summed E-state index contributed by atoms with van der Waals surface area (Å²) in [5, 5.41) is 2.95. The number of ether oxygens (including phenoxy) is 3. The van der Waals surface area contributed by atoms with Crippen LogP contribution in [-0.2, 0) is 16.0 Å². The van der Waals surface area contributed by atoms with Crippen LogP contribution in [-0.4, -0.2) is 56.6 Å². The quantitative estimate of drug-likeness (QED) is 0.712. The van der Waals surface area contributed by atoms with Crippen molar-refractivity contribution in [3.8, 4) is 17.2 Å². The molecule has 3 rings (SSSR count). The predicted molar refractivity (Wildman–Crippen MR) is 111 cm³/mol. The van der Waals surface area contributed by atoms with E-state index in [9.17, 15) is 9.59 Å². The van der Waals surface area contributed by atoms with Crippen molar-refractivity contribution in [3.05, 3.63) is 47.8 Å². The lowest BCUT2D eigenvalue weighted by molar-refractivity contribution is -0.128. The summed E-state index contributed by atoms with van der Waals surface area (Å²) in [6.07, 6.45) is 2.47. The molecule has 2 atom stereocenters. The summed E-state index contributed by atoms with van der Waals surface area (Å²) in [7, 11) is 6.29. The molecule has 2 heterocycles. The van der Waals surface area contributed by atoms with E-state index in [1.807, 2.05) is 24.3 Å². The second-order valence-electron chi connectivity index (χ2n) is 7.05. The van der Waals surface area contributed by atoms with Gasteiger partial charge in [0, 0.05) is 43.9 Å². The predicted octanol–water partition coefficient (Wildman–Crippen LogP) is 1.99. The number of carbonyl (C=O) groups excluding carboxylic acids is 2. The molecule has 160 valence electrons. The molecule has 2 aromatic rings. The van der Waals surface area contributed by atoms with Crippen molar-refractivity contribution in [2.75, 3.05) is 34.9 Å². The molecular formula is C22H27N3O5. The maximum Gasteiger partial charge on any atom is 0.226 e. The zero-order valence-electron chi connectivity index (χ0n) is 17.7. The summed E-state index contributed by atoms with van der Waals surface area (Å²) in [6, 6.07) is 8.77. The highest BCUT2D eigenvalue weighted by molar-refractivity contribution is 5.90. The Morgan fingerprint density at radius 2 is 1.90 bits per heavy atom. The molecule has 0 aliphatic carbocycles. The molecule has 1 fully saturated rings. The minimum atomic E-state index is -0.543. The van der Waals surface area contributed by atoms with Gasteiger partial charge in [-0.25, -0.2) is 0 Å². The van der Waals surface area contributed by atoms with Crippen molar-refractivity contribution in [2.45, 2.75) is 18.9 Å². The number of benzene rings is 1. The Labute approximate surface area is 176 Å². The number of pyridine rings is 1. The Hall–Kier alpha value is -3.29. The minimum absolute atomic E-state index is 0.0956. The number of hydrogen-bond donors (Lipinski definition) is 1. The average molecular weight is 413 g/mol. The van der Waals surface area contributed by atoms with E-state index < -0.39 is 12.0 Å². The first-order valence-corrected chi connectivity index (χ1v) is 9.74. The topological polar surface area (TPSA) is 90.0 Å². The van der Waals surface area contributed by atoms with Crippen LogP contribution < -0.4 is 19.5 Å². The lowest BCUT2D eigenvalue weighted by Gasteiger charge is -2.27. The van der Waals surface area contributed by atoms with Gasteiger partial charge >= 0.3 is 0 Å². The number of amides is 2. The summed E-state index contributed by atoms with van der Waals surface area (Å²) >= 11 is 0. The van der Waals surface area contributed by atoms with Gasteiger partial charge in [0.15, 0.2) is 11.5 Å². The summed E-state index contributed by atoms with van der Waals surface area (Å²) in [5.74, 6) is 0.584. The van der Waals surface area contributed by atoms with Crippen LogP contribution in [0.25, 0.3) is 0 Å². The van der Waals surface area contributed by atoms with E-state index in [0.29, 0.717) is 35.8 Å². The molecule has 1 aliphatic rings. The summed E-state index contributed by atoms with van der Waals surface area (Å²) < 4.78 is 16.4. The summed E-state index contributed by atoms with van der Waals surface area (Å²) in [6.45, 7) is 0.444. The van der Waals surface area contributed by atoms with Crippen LogP contribution >= 0.6 is 0 Å². The monoisotopic (exact) mass is 413 g/mol. The van der Waals surface area contributed by atoms with Crippen LogP contribution in [0, 0.1) is 5.92 Å². The van der Waals surface area contributed by atoms with Gasteiger partial charge in [0.2, 0.25) is 17.6 Å². The van der Waals surface area contributed by atoms with E-state index in [4.69, 9.17) is 14.2 Å². The third-order valence-corrected chi connectivity index (χ3v) is 5.38. The molecule has 1 N–H and O–H groups in total. The number of hydrogen-bond acceptors (Lipinski definition) is 6. The largest absolute Gasteiger partial charge is 0.493 e. The van der Waals surface area contributed by atoms with Gasteiger partial charge in [-0.2, -0.15) is 0 Å². The molecule has 2 unspecified atom stereocenters. The number of likely N-dealkylation sites (tertiary alicyclic amines) is 1. The first kappa shape index (κ1) is 21.4. The smallest absolute Gasteiger partial charge is 0.226 e. The van der Waals surface area contributed by atoms with Gasteiger partial charge in [-0.15, -0.1) is 0 Å². The molecule has 0 radical (unpaired) electrons. The van der Waals surface area contributed by atoms with Crippen molar-refractivity contribution in [1.29, 1.82) is 0 Å². The molecule has 8 nitrogen and oxygen atoms in total. The Morgan fingerprint density at radius 1 is 1.13 bits per heavy atom. The van der Waals surface area contributed by atoms with Gasteiger partial charge in [-0.05, 0) is 24.3 Å². The van der Waals surface area contributed by atoms with Gasteiger partial charge < -0.3 is 24.4 Å². The highest BCUT2D eigenvalue weighted by Gasteiger charge is 2.44. The fraction of sp³-hybridized carbons (Fsp3) is 0.409. The molecule has 0 saturated carbocycles. The van der Waals surface area contributed by atoms with E-state index in [2.05, 4.69) is 10.3 Å². The Balaban J connectivity index is 1.83. The summed E-state index contributed by atoms with van der Waals surface area (Å²) in [4.78, 5) is 31.3. The molecule has 1 aliphatic heterocycles. The number of rotatable bonds is 8. The maximum absolute atomic E-state index is 13.0. The molecule has 8 heteroatoms. The number of nitrogens with zero attached hydrogens (tertiary/aromatic N) is 2. The van der Waals surface area contributed by atoms with Crippen LogP contribution in [0.2, 0.25) is 0 Å². The highest BCUT2D eigenvalue weighted by atomic mass is 16.5. The van der Waals surface area contributed by atoms with Crippen molar-refractivity contribution in [2.24, 2.45) is 5.92 Å². The third-order valence-electron chi connectivity index (χ3n) is 5.38. The van der Waals surface area contributed by atoms with Crippen LogP contribution in [0.1, 0.15) is 23.7 Å². The van der Waals surface area contributed by atoms with Crippen LogP contribution in [0.3, 0.4) is 0 Å². The van der Waals surface area contributed by atoms with Gasteiger partial charge in [0.25, 0.3) is 0 Å². The number of methoxy groups -OCH3 is 3. The van der Waals surface area contributed by atoms with E-state index in [0.717, 1.165) is 5.69 Å². The third kappa shape index (κ3) is 4.17. The number of nitrogens with one attached hydrogen (secondary N) is 1. The van der Waals surface area contributed by atoms with Gasteiger partial charge in [-0.3, -0.25) is 14.6 Å². The van der Waals surface area contributed by atoms with Crippen LogP contribution in [0.5, 0.6) is 17.2 Å². The summed E-state index contributed by atoms with van der Waals surface area (Å²) in [5.41, 5.74) is 1.60. The second kappa shape index (κ2) is 9.47. The van der Waals surface area contributed by atoms with Crippen molar-refractivity contribution >= 4 is 11.8 Å². The standard InChI is InChI=1S/C22H27N3O5/c1-25-18(26)13-16(22(27)24-12-10-14-7-5-6-11-23-14)19(25)15-8-9-17(28-2)21(30-4)20(15)29-3/h5-9,11,16,19H,10,12-13H2,1-4H3,(H,24,27). The first-order chi connectivity index (χ1) is 14.5. The molecule has 0 bridgehead atoms. The molecule has 0 spiro atoms. The van der Waals surface area contributed by atoms with Crippen molar-refractivity contribution in [1.82, 2.24) is 15.2 Å². The SMILES string of the molecule is COc1ccc(C2C(C(=O)NCCc3ccccn3)CC(=O)N2C)c(OC)c1OC. The van der Waals surface area contributed by atoms with Gasteiger partial charge in [-0.1, -0.05) is 6.07 Å². The number of carbonyl (C=O) groups is 2. The van der Waals surface area contributed by atoms with E-state index in [1.54, 1.807) is 31.3 Å². The van der Waals surface area contributed by atoms with Gasteiger partial charge in [0.1, 0.15) is 0 Å². The Bertz CT molecular complexity index is 903. The lowest BCUT2D eigenvalue weighted by atomic mass is 9.91. The van der Waals surface area contributed by atoms with Crippen LogP contribution in [0.15, 0.2) is 36.5 Å². The Kier molecular flexibility index (Phi) is 6.76. The van der Waals surface area contributed by atoms with E-state index in [-0.39, 0.29) is 18.2 Å². The molecule has 1 aromatic heterocycles.